The zero-order valence-corrected chi connectivity index (χ0v) is 13.6. The zero-order chi connectivity index (χ0) is 15.5. The summed E-state index contributed by atoms with van der Waals surface area (Å²) in [4.78, 5) is 21.2. The molecule has 1 amide bonds. The number of likely N-dealkylation sites (N-methyl/N-ethyl adjacent to an activating group) is 1. The van der Waals surface area contributed by atoms with Gasteiger partial charge < -0.3 is 19.1 Å². The summed E-state index contributed by atoms with van der Waals surface area (Å²) in [5.41, 5.74) is 0. The van der Waals surface area contributed by atoms with E-state index in [1.807, 2.05) is 22.6 Å². The maximum absolute atomic E-state index is 12.7. The highest BCUT2D eigenvalue weighted by atomic mass is 16.5. The van der Waals surface area contributed by atoms with Gasteiger partial charge in [-0.3, -0.25) is 4.79 Å². The highest BCUT2D eigenvalue weighted by Crippen LogP contribution is 2.30. The van der Waals surface area contributed by atoms with Crippen molar-refractivity contribution in [1.29, 1.82) is 0 Å². The highest BCUT2D eigenvalue weighted by molar-refractivity contribution is 5.76. The van der Waals surface area contributed by atoms with E-state index in [2.05, 4.69) is 16.9 Å². The number of aryl methyl sites for hydroxylation is 1. The summed E-state index contributed by atoms with van der Waals surface area (Å²) < 4.78 is 7.75. The molecule has 122 valence electrons. The van der Waals surface area contributed by atoms with Crippen LogP contribution in [0.5, 0.6) is 0 Å². The van der Waals surface area contributed by atoms with Gasteiger partial charge in [-0.15, -0.1) is 0 Å². The molecule has 2 heterocycles. The number of rotatable bonds is 6. The fraction of sp³-hybridized carbons (Fsp3) is 0.750. The van der Waals surface area contributed by atoms with Crippen molar-refractivity contribution in [2.75, 3.05) is 39.8 Å². The fourth-order valence-corrected chi connectivity index (χ4v) is 2.93. The quantitative estimate of drug-likeness (QED) is 0.779. The van der Waals surface area contributed by atoms with Crippen LogP contribution in [0.3, 0.4) is 0 Å². The molecule has 1 aliphatic heterocycles. The van der Waals surface area contributed by atoms with Crippen LogP contribution in [0.4, 0.5) is 0 Å². The first kappa shape index (κ1) is 15.5. The molecule has 0 N–H and O–H groups in total. The molecular formula is C16H26N4O2. The lowest BCUT2D eigenvalue weighted by Gasteiger charge is -2.34. The van der Waals surface area contributed by atoms with Gasteiger partial charge in [0.2, 0.25) is 5.91 Å². The predicted molar refractivity (Wildman–Crippen MR) is 83.5 cm³/mol. The largest absolute Gasteiger partial charge is 0.374 e. The number of hydrogen-bond acceptors (Lipinski definition) is 4. The van der Waals surface area contributed by atoms with Gasteiger partial charge in [-0.05, 0) is 32.7 Å². The summed E-state index contributed by atoms with van der Waals surface area (Å²) in [6, 6.07) is 0. The number of aromatic nitrogens is 2. The molecule has 1 unspecified atom stereocenters. The molecule has 3 rings (SSSR count). The molecule has 0 radical (unpaired) electrons. The van der Waals surface area contributed by atoms with E-state index in [1.165, 1.54) is 12.8 Å². The molecule has 0 bridgehead atoms. The summed E-state index contributed by atoms with van der Waals surface area (Å²) >= 11 is 0. The van der Waals surface area contributed by atoms with Crippen LogP contribution in [0.25, 0.3) is 0 Å². The van der Waals surface area contributed by atoms with Crippen LogP contribution in [-0.4, -0.2) is 71.2 Å². The van der Waals surface area contributed by atoms with E-state index < -0.39 is 0 Å². The van der Waals surface area contributed by atoms with Crippen molar-refractivity contribution in [1.82, 2.24) is 19.4 Å². The Bertz CT molecular complexity index is 512. The van der Waals surface area contributed by atoms with Crippen LogP contribution in [0.15, 0.2) is 12.4 Å². The van der Waals surface area contributed by atoms with Crippen molar-refractivity contribution in [2.45, 2.75) is 32.4 Å². The number of morpholine rings is 1. The molecule has 1 saturated carbocycles. The average molecular weight is 306 g/mol. The first-order valence-corrected chi connectivity index (χ1v) is 8.17. The number of carbonyl (C=O) groups excluding carboxylic acids is 1. The number of nitrogens with zero attached hydrogens (tertiary/aromatic N) is 4. The molecule has 22 heavy (non-hydrogen) atoms. The van der Waals surface area contributed by atoms with E-state index in [4.69, 9.17) is 4.74 Å². The lowest BCUT2D eigenvalue weighted by Crippen LogP contribution is -2.48. The van der Waals surface area contributed by atoms with Crippen LogP contribution in [0, 0.1) is 12.8 Å². The Balaban J connectivity index is 1.60. The molecule has 1 aromatic rings. The van der Waals surface area contributed by atoms with Crippen LogP contribution in [-0.2, 0) is 16.1 Å². The van der Waals surface area contributed by atoms with Crippen molar-refractivity contribution in [3.8, 4) is 0 Å². The lowest BCUT2D eigenvalue weighted by atomic mass is 10.2. The number of carbonyl (C=O) groups is 1. The Morgan fingerprint density at radius 2 is 2.27 bits per heavy atom. The Morgan fingerprint density at radius 1 is 1.45 bits per heavy atom. The number of amides is 1. The lowest BCUT2D eigenvalue weighted by molar-refractivity contribution is -0.135. The minimum absolute atomic E-state index is 0.130. The van der Waals surface area contributed by atoms with E-state index in [9.17, 15) is 4.79 Å². The van der Waals surface area contributed by atoms with Crippen LogP contribution in [0.1, 0.15) is 18.7 Å². The molecule has 1 saturated heterocycles. The Labute approximate surface area is 132 Å². The van der Waals surface area contributed by atoms with Gasteiger partial charge >= 0.3 is 0 Å². The zero-order valence-electron chi connectivity index (χ0n) is 13.6. The predicted octanol–water partition coefficient (Wildman–Crippen LogP) is 0.761. The molecular weight excluding hydrogens is 280 g/mol. The van der Waals surface area contributed by atoms with Crippen LogP contribution < -0.4 is 0 Å². The second-order valence-electron chi connectivity index (χ2n) is 6.60. The highest BCUT2D eigenvalue weighted by Gasteiger charge is 2.29. The van der Waals surface area contributed by atoms with Gasteiger partial charge in [-0.25, -0.2) is 4.98 Å². The molecule has 1 atom stereocenters. The average Bonchev–Trinajstić information content (AvgIpc) is 3.21. The summed E-state index contributed by atoms with van der Waals surface area (Å²) in [6.45, 7) is 6.51. The van der Waals surface area contributed by atoms with E-state index in [1.54, 1.807) is 6.20 Å². The number of ether oxygens (including phenoxy) is 1. The smallest absolute Gasteiger partial charge is 0.242 e. The van der Waals surface area contributed by atoms with Crippen LogP contribution >= 0.6 is 0 Å². The van der Waals surface area contributed by atoms with E-state index in [0.717, 1.165) is 32.1 Å². The number of imidazole rings is 1. The normalized spacial score (nSPS) is 22.7. The van der Waals surface area contributed by atoms with Gasteiger partial charge in [0, 0.05) is 38.6 Å². The summed E-state index contributed by atoms with van der Waals surface area (Å²) in [5.74, 6) is 1.74. The molecule has 2 fully saturated rings. The van der Waals surface area contributed by atoms with E-state index in [-0.39, 0.29) is 12.0 Å². The standard InChI is InChI=1S/C16H26N4O2/c1-13-17-5-6-19(13)12-16(21)20(9-14-3-4-14)11-15-10-18(2)7-8-22-15/h5-6,14-15H,3-4,7-12H2,1-2H3. The van der Waals surface area contributed by atoms with Crippen molar-refractivity contribution in [2.24, 2.45) is 5.92 Å². The maximum atomic E-state index is 12.7. The monoisotopic (exact) mass is 306 g/mol. The first-order chi connectivity index (χ1) is 10.6. The van der Waals surface area contributed by atoms with Gasteiger partial charge in [0.15, 0.2) is 0 Å². The Hall–Kier alpha value is -1.40. The maximum Gasteiger partial charge on any atom is 0.242 e. The Kier molecular flexibility index (Phi) is 4.78. The second-order valence-corrected chi connectivity index (χ2v) is 6.60. The van der Waals surface area contributed by atoms with Gasteiger partial charge in [-0.1, -0.05) is 0 Å². The second kappa shape index (κ2) is 6.79. The molecule has 6 nitrogen and oxygen atoms in total. The fourth-order valence-electron chi connectivity index (χ4n) is 2.93. The third-order valence-electron chi connectivity index (χ3n) is 4.52. The minimum atomic E-state index is 0.130. The topological polar surface area (TPSA) is 50.6 Å². The van der Waals surface area contributed by atoms with Crippen LogP contribution in [0.2, 0.25) is 0 Å². The Morgan fingerprint density at radius 3 is 2.91 bits per heavy atom. The summed E-state index contributed by atoms with van der Waals surface area (Å²) in [7, 11) is 2.11. The van der Waals surface area contributed by atoms with Gasteiger partial charge in [0.1, 0.15) is 12.4 Å². The van der Waals surface area contributed by atoms with Gasteiger partial charge in [0.05, 0.1) is 12.7 Å². The third kappa shape index (κ3) is 4.08. The minimum Gasteiger partial charge on any atom is -0.374 e. The molecule has 1 aromatic heterocycles. The van der Waals surface area contributed by atoms with Crippen molar-refractivity contribution < 1.29 is 9.53 Å². The van der Waals surface area contributed by atoms with Crippen molar-refractivity contribution in [3.05, 3.63) is 18.2 Å². The number of hydrogen-bond donors (Lipinski definition) is 0. The van der Waals surface area contributed by atoms with E-state index in [0.29, 0.717) is 19.0 Å². The van der Waals surface area contributed by atoms with Gasteiger partial charge in [-0.2, -0.15) is 0 Å². The van der Waals surface area contributed by atoms with E-state index >= 15 is 0 Å². The SMILES string of the molecule is Cc1nccn1CC(=O)N(CC1CC1)CC1CN(C)CCO1. The summed E-state index contributed by atoms with van der Waals surface area (Å²) in [5, 5.41) is 0. The molecule has 2 aliphatic rings. The first-order valence-electron chi connectivity index (χ1n) is 8.17. The molecule has 0 spiro atoms. The van der Waals surface area contributed by atoms with Gasteiger partial charge in [0.25, 0.3) is 0 Å². The summed E-state index contributed by atoms with van der Waals surface area (Å²) in [6.07, 6.45) is 6.24. The third-order valence-corrected chi connectivity index (χ3v) is 4.52. The molecule has 0 aromatic carbocycles. The molecule has 6 heteroatoms. The van der Waals surface area contributed by atoms with Crippen molar-refractivity contribution >= 4 is 5.91 Å². The van der Waals surface area contributed by atoms with Crippen molar-refractivity contribution in [3.63, 3.8) is 0 Å². The molecule has 1 aliphatic carbocycles.